The van der Waals surface area contributed by atoms with E-state index in [2.05, 4.69) is 22.9 Å². The molecule has 0 bridgehead atoms. The molecule has 2 aliphatic rings. The highest BCUT2D eigenvalue weighted by Gasteiger charge is 2.41. The van der Waals surface area contributed by atoms with Gasteiger partial charge in [-0.1, -0.05) is 37.3 Å². The van der Waals surface area contributed by atoms with Crippen LogP contribution in [0.5, 0.6) is 0 Å². The van der Waals surface area contributed by atoms with Crippen LogP contribution in [-0.2, 0) is 22.4 Å². The van der Waals surface area contributed by atoms with Crippen molar-refractivity contribution >= 4 is 11.7 Å². The molecule has 2 aromatic rings. The number of nitrogens with zero attached hydrogens (tertiary/aromatic N) is 4. The van der Waals surface area contributed by atoms with Crippen LogP contribution in [-0.4, -0.2) is 59.2 Å². The van der Waals surface area contributed by atoms with Crippen LogP contribution in [0.1, 0.15) is 36.8 Å². The molecule has 0 N–H and O–H groups in total. The summed E-state index contributed by atoms with van der Waals surface area (Å²) in [6.07, 6.45) is 3.12. The average molecular weight is 395 g/mol. The molecule has 1 aromatic heterocycles. The molecule has 6 heteroatoms. The van der Waals surface area contributed by atoms with Gasteiger partial charge >= 0.3 is 0 Å². The zero-order valence-corrected chi connectivity index (χ0v) is 17.4. The molecule has 0 saturated carbocycles. The smallest absolute Gasteiger partial charge is 0.227 e. The van der Waals surface area contributed by atoms with E-state index in [9.17, 15) is 4.79 Å². The van der Waals surface area contributed by atoms with Crippen molar-refractivity contribution in [2.45, 2.75) is 45.1 Å². The number of anilines is 1. The Balaban J connectivity index is 1.39. The van der Waals surface area contributed by atoms with Crippen molar-refractivity contribution < 1.29 is 9.53 Å². The Labute approximate surface area is 172 Å². The Bertz CT molecular complexity index is 847. The molecule has 6 nitrogen and oxygen atoms in total. The van der Waals surface area contributed by atoms with Crippen LogP contribution < -0.4 is 4.90 Å². The Kier molecular flexibility index (Phi) is 5.81. The minimum absolute atomic E-state index is 0.195. The summed E-state index contributed by atoms with van der Waals surface area (Å²) in [5.74, 6) is 2.10. The second-order valence-corrected chi connectivity index (χ2v) is 8.13. The van der Waals surface area contributed by atoms with Crippen molar-refractivity contribution in [3.8, 4) is 0 Å². The second-order valence-electron chi connectivity index (χ2n) is 8.13. The standard InChI is InChI=1S/C23H30N4O2/c1-3-20-24-18(2)15-21(25-20)26-11-9-23(10-12-26)17-27(13-14-29-23)22(28)16-19-7-5-4-6-8-19/h4-8,15H,3,9-14,16-17H2,1-2H3. The van der Waals surface area contributed by atoms with E-state index >= 15 is 0 Å². The van der Waals surface area contributed by atoms with Gasteiger partial charge in [-0.05, 0) is 25.3 Å². The number of ether oxygens (including phenoxy) is 1. The van der Waals surface area contributed by atoms with E-state index in [0.29, 0.717) is 26.1 Å². The summed E-state index contributed by atoms with van der Waals surface area (Å²) in [5, 5.41) is 0. The summed E-state index contributed by atoms with van der Waals surface area (Å²) in [6.45, 7) is 7.88. The van der Waals surface area contributed by atoms with Gasteiger partial charge in [0.1, 0.15) is 11.6 Å². The fourth-order valence-electron chi connectivity index (χ4n) is 4.32. The Morgan fingerprint density at radius 1 is 1.14 bits per heavy atom. The summed E-state index contributed by atoms with van der Waals surface area (Å²) >= 11 is 0. The van der Waals surface area contributed by atoms with Crippen LogP contribution in [0.4, 0.5) is 5.82 Å². The molecule has 0 radical (unpaired) electrons. The van der Waals surface area contributed by atoms with Gasteiger partial charge in [-0.2, -0.15) is 0 Å². The average Bonchev–Trinajstić information content (AvgIpc) is 2.74. The third-order valence-corrected chi connectivity index (χ3v) is 6.00. The van der Waals surface area contributed by atoms with Gasteiger partial charge in [0.15, 0.2) is 0 Å². The largest absolute Gasteiger partial charge is 0.371 e. The van der Waals surface area contributed by atoms with Gasteiger partial charge in [0, 0.05) is 44.4 Å². The minimum atomic E-state index is -0.225. The lowest BCUT2D eigenvalue weighted by atomic mass is 9.89. The van der Waals surface area contributed by atoms with Gasteiger partial charge in [-0.3, -0.25) is 4.79 Å². The van der Waals surface area contributed by atoms with E-state index in [4.69, 9.17) is 9.72 Å². The summed E-state index contributed by atoms with van der Waals surface area (Å²) in [4.78, 5) is 26.3. The van der Waals surface area contributed by atoms with E-state index in [1.54, 1.807) is 0 Å². The molecule has 0 aliphatic carbocycles. The lowest BCUT2D eigenvalue weighted by Gasteiger charge is -2.47. The van der Waals surface area contributed by atoms with Crippen molar-refractivity contribution in [3.63, 3.8) is 0 Å². The zero-order valence-electron chi connectivity index (χ0n) is 17.4. The Morgan fingerprint density at radius 3 is 2.62 bits per heavy atom. The quantitative estimate of drug-likeness (QED) is 0.798. The van der Waals surface area contributed by atoms with E-state index in [0.717, 1.165) is 55.3 Å². The molecule has 1 spiro atoms. The number of aromatic nitrogens is 2. The van der Waals surface area contributed by atoms with Crippen molar-refractivity contribution in [3.05, 3.63) is 53.5 Å². The summed E-state index contributed by atoms with van der Waals surface area (Å²) < 4.78 is 6.24. The van der Waals surface area contributed by atoms with Crippen LogP contribution in [0.2, 0.25) is 0 Å². The normalized spacial score (nSPS) is 18.8. The molecule has 1 amide bonds. The number of amides is 1. The number of hydrogen-bond donors (Lipinski definition) is 0. The molecule has 0 unspecified atom stereocenters. The third kappa shape index (κ3) is 4.58. The van der Waals surface area contributed by atoms with Gasteiger partial charge in [0.25, 0.3) is 0 Å². The number of aryl methyl sites for hydroxylation is 2. The molecule has 3 heterocycles. The monoisotopic (exact) mass is 394 g/mol. The minimum Gasteiger partial charge on any atom is -0.371 e. The molecule has 1 aromatic carbocycles. The van der Waals surface area contributed by atoms with Crippen LogP contribution in [0.15, 0.2) is 36.4 Å². The van der Waals surface area contributed by atoms with Gasteiger partial charge in [0.05, 0.1) is 18.6 Å². The Hall–Kier alpha value is -2.47. The van der Waals surface area contributed by atoms with E-state index in [1.807, 2.05) is 42.2 Å². The highest BCUT2D eigenvalue weighted by atomic mass is 16.5. The maximum atomic E-state index is 12.8. The number of rotatable bonds is 4. The molecule has 4 rings (SSSR count). The molecule has 2 saturated heterocycles. The first-order chi connectivity index (χ1) is 14.1. The second kappa shape index (κ2) is 8.49. The van der Waals surface area contributed by atoms with Gasteiger partial charge < -0.3 is 14.5 Å². The maximum absolute atomic E-state index is 12.8. The van der Waals surface area contributed by atoms with Crippen molar-refractivity contribution in [1.29, 1.82) is 0 Å². The third-order valence-electron chi connectivity index (χ3n) is 6.00. The van der Waals surface area contributed by atoms with E-state index < -0.39 is 0 Å². The van der Waals surface area contributed by atoms with Gasteiger partial charge in [-0.25, -0.2) is 9.97 Å². The van der Waals surface area contributed by atoms with E-state index in [1.165, 1.54) is 0 Å². The first-order valence-electron chi connectivity index (χ1n) is 10.6. The lowest BCUT2D eigenvalue weighted by Crippen LogP contribution is -2.58. The van der Waals surface area contributed by atoms with Crippen LogP contribution in [0.3, 0.4) is 0 Å². The molecule has 2 aliphatic heterocycles. The molecular weight excluding hydrogens is 364 g/mol. The fourth-order valence-corrected chi connectivity index (χ4v) is 4.32. The van der Waals surface area contributed by atoms with Gasteiger partial charge in [0.2, 0.25) is 5.91 Å². The highest BCUT2D eigenvalue weighted by molar-refractivity contribution is 5.79. The van der Waals surface area contributed by atoms with Crippen molar-refractivity contribution in [1.82, 2.24) is 14.9 Å². The van der Waals surface area contributed by atoms with Crippen LogP contribution in [0, 0.1) is 6.92 Å². The summed E-state index contributed by atoms with van der Waals surface area (Å²) in [7, 11) is 0. The van der Waals surface area contributed by atoms with Gasteiger partial charge in [-0.15, -0.1) is 0 Å². The molecule has 0 atom stereocenters. The number of morpholine rings is 1. The topological polar surface area (TPSA) is 58.6 Å². The summed E-state index contributed by atoms with van der Waals surface area (Å²) in [5.41, 5.74) is 1.86. The predicted molar refractivity (Wildman–Crippen MR) is 113 cm³/mol. The molecular formula is C23H30N4O2. The lowest BCUT2D eigenvalue weighted by molar-refractivity contribution is -0.153. The molecule has 154 valence electrons. The number of hydrogen-bond acceptors (Lipinski definition) is 5. The van der Waals surface area contributed by atoms with Crippen LogP contribution >= 0.6 is 0 Å². The van der Waals surface area contributed by atoms with E-state index in [-0.39, 0.29) is 11.5 Å². The highest BCUT2D eigenvalue weighted by Crippen LogP contribution is 2.32. The zero-order chi connectivity index (χ0) is 20.3. The maximum Gasteiger partial charge on any atom is 0.227 e. The first-order valence-corrected chi connectivity index (χ1v) is 10.6. The number of carbonyl (C=O) groups is 1. The van der Waals surface area contributed by atoms with Crippen LogP contribution in [0.25, 0.3) is 0 Å². The SMILES string of the molecule is CCc1nc(C)cc(N2CCC3(CC2)CN(C(=O)Cc2ccccc2)CCO3)n1. The molecule has 29 heavy (non-hydrogen) atoms. The number of benzene rings is 1. The number of carbonyl (C=O) groups excluding carboxylic acids is 1. The number of piperidine rings is 1. The van der Waals surface area contributed by atoms with Crippen molar-refractivity contribution in [2.75, 3.05) is 37.7 Å². The summed E-state index contributed by atoms with van der Waals surface area (Å²) in [6, 6.07) is 12.0. The predicted octanol–water partition coefficient (Wildman–Crippen LogP) is 2.79. The van der Waals surface area contributed by atoms with Crippen molar-refractivity contribution in [2.24, 2.45) is 0 Å². The fraction of sp³-hybridized carbons (Fsp3) is 0.522. The Morgan fingerprint density at radius 2 is 1.90 bits per heavy atom. The molecule has 2 fully saturated rings. The first kappa shape index (κ1) is 19.8.